The normalized spacial score (nSPS) is 12.8. The number of para-hydroxylation sites is 1. The molecule has 0 spiro atoms. The van der Waals surface area contributed by atoms with E-state index in [0.717, 1.165) is 11.1 Å². The summed E-state index contributed by atoms with van der Waals surface area (Å²) in [7, 11) is 0. The van der Waals surface area contributed by atoms with Crippen molar-refractivity contribution in [3.05, 3.63) is 66.4 Å². The Kier molecular flexibility index (Phi) is 3.94. The van der Waals surface area contributed by atoms with Crippen LogP contribution in [0.2, 0.25) is 0 Å². The molecule has 8 nitrogen and oxygen atoms in total. The molecule has 1 aliphatic rings. The molecule has 0 bridgehead atoms. The molecule has 0 radical (unpaired) electrons. The van der Waals surface area contributed by atoms with Gasteiger partial charge in [0.1, 0.15) is 22.9 Å². The number of carbonyl (C=O) groups excluding carboxylic acids is 2. The minimum absolute atomic E-state index is 0.00568. The van der Waals surface area contributed by atoms with Crippen LogP contribution in [0, 0.1) is 0 Å². The predicted octanol–water partition coefficient (Wildman–Crippen LogP) is 3.21. The van der Waals surface area contributed by atoms with Gasteiger partial charge in [-0.15, -0.1) is 0 Å². The van der Waals surface area contributed by atoms with E-state index in [1.165, 1.54) is 0 Å². The molecule has 1 aliphatic heterocycles. The van der Waals surface area contributed by atoms with Gasteiger partial charge < -0.3 is 20.4 Å². The number of H-pyrrole nitrogens is 1. The Bertz CT molecular complexity index is 1250. The van der Waals surface area contributed by atoms with Gasteiger partial charge >= 0.3 is 0 Å². The molecule has 4 aromatic rings. The van der Waals surface area contributed by atoms with E-state index < -0.39 is 0 Å². The molecule has 0 unspecified atom stereocenters. The van der Waals surface area contributed by atoms with Crippen LogP contribution < -0.4 is 15.4 Å². The lowest BCUT2D eigenvalue weighted by Gasteiger charge is -2.18. The monoisotopic (exact) mass is 385 g/mol. The Hall–Kier alpha value is -4.20. The molecule has 0 atom stereocenters. The number of pyridine rings is 1. The minimum Gasteiger partial charge on any atom is -0.482 e. The number of ether oxygens (including phenoxy) is 1. The van der Waals surface area contributed by atoms with Crippen LogP contribution in [0.15, 0.2) is 60.8 Å². The minimum atomic E-state index is -0.293. The van der Waals surface area contributed by atoms with Crippen LogP contribution in [0.1, 0.15) is 10.4 Å². The number of fused-ring (bicyclic) bond motifs is 2. The quantitative estimate of drug-likeness (QED) is 0.502. The molecule has 3 heterocycles. The van der Waals surface area contributed by atoms with Gasteiger partial charge in [-0.2, -0.15) is 0 Å². The second-order valence-electron chi connectivity index (χ2n) is 6.50. The maximum atomic E-state index is 12.7. The van der Waals surface area contributed by atoms with Crippen molar-refractivity contribution >= 4 is 34.4 Å². The first kappa shape index (κ1) is 16.9. The summed E-state index contributed by atoms with van der Waals surface area (Å²) >= 11 is 0. The van der Waals surface area contributed by atoms with Gasteiger partial charge in [-0.1, -0.05) is 12.1 Å². The van der Waals surface area contributed by atoms with E-state index in [2.05, 4.69) is 25.6 Å². The Morgan fingerprint density at radius 2 is 2.03 bits per heavy atom. The molecule has 0 saturated heterocycles. The molecular weight excluding hydrogens is 370 g/mol. The highest BCUT2D eigenvalue weighted by atomic mass is 16.5. The van der Waals surface area contributed by atoms with E-state index in [1.807, 2.05) is 12.1 Å². The molecule has 5 rings (SSSR count). The molecule has 3 N–H and O–H groups in total. The summed E-state index contributed by atoms with van der Waals surface area (Å²) in [5.41, 5.74) is 3.07. The van der Waals surface area contributed by atoms with Gasteiger partial charge in [0.15, 0.2) is 6.61 Å². The summed E-state index contributed by atoms with van der Waals surface area (Å²) in [5, 5.41) is 5.56. The average molecular weight is 385 g/mol. The van der Waals surface area contributed by atoms with Gasteiger partial charge in [-0.3, -0.25) is 9.59 Å². The first-order valence-electron chi connectivity index (χ1n) is 8.95. The zero-order valence-corrected chi connectivity index (χ0v) is 15.1. The van der Waals surface area contributed by atoms with Gasteiger partial charge in [-0.05, 0) is 42.5 Å². The zero-order valence-electron chi connectivity index (χ0n) is 15.1. The number of nitrogens with zero attached hydrogens (tertiary/aromatic N) is 2. The third kappa shape index (κ3) is 3.16. The number of rotatable bonds is 3. The van der Waals surface area contributed by atoms with Crippen LogP contribution in [0.3, 0.4) is 0 Å². The highest BCUT2D eigenvalue weighted by molar-refractivity contribution is 6.11. The number of amides is 2. The van der Waals surface area contributed by atoms with Crippen molar-refractivity contribution in [3.8, 4) is 17.1 Å². The van der Waals surface area contributed by atoms with Gasteiger partial charge in [-0.25, -0.2) is 9.97 Å². The number of aromatic nitrogens is 3. The van der Waals surface area contributed by atoms with Crippen molar-refractivity contribution < 1.29 is 14.3 Å². The van der Waals surface area contributed by atoms with E-state index in [-0.39, 0.29) is 18.4 Å². The average Bonchev–Trinajstić information content (AvgIpc) is 3.18. The molecular formula is C21H15N5O3. The SMILES string of the molecule is O=C1COc2ccc(-c3nc4c(C(=O)Nc5ccccn5)cccc4[nH]3)cc2N1. The Labute approximate surface area is 165 Å². The number of hydrogen-bond acceptors (Lipinski definition) is 5. The van der Waals surface area contributed by atoms with Gasteiger partial charge in [0.2, 0.25) is 0 Å². The van der Waals surface area contributed by atoms with E-state index in [4.69, 9.17) is 4.74 Å². The fraction of sp³-hybridized carbons (Fsp3) is 0.0476. The lowest BCUT2D eigenvalue weighted by molar-refractivity contribution is -0.118. The summed E-state index contributed by atoms with van der Waals surface area (Å²) in [5.74, 6) is 1.17. The summed E-state index contributed by atoms with van der Waals surface area (Å²) in [4.78, 5) is 36.3. The second-order valence-corrected chi connectivity index (χ2v) is 6.50. The van der Waals surface area contributed by atoms with Crippen molar-refractivity contribution in [2.24, 2.45) is 0 Å². The van der Waals surface area contributed by atoms with Gasteiger partial charge in [0.25, 0.3) is 11.8 Å². The fourth-order valence-electron chi connectivity index (χ4n) is 3.20. The van der Waals surface area contributed by atoms with Crippen LogP contribution in [-0.4, -0.2) is 33.4 Å². The van der Waals surface area contributed by atoms with Gasteiger partial charge in [0.05, 0.1) is 16.8 Å². The first-order chi connectivity index (χ1) is 14.2. The van der Waals surface area contributed by atoms with E-state index in [0.29, 0.717) is 34.2 Å². The summed E-state index contributed by atoms with van der Waals surface area (Å²) in [6, 6.07) is 16.1. The molecule has 2 aromatic heterocycles. The standard InChI is InChI=1S/C21H15N5O3/c27-18-11-29-16-8-7-12(10-15(16)23-18)20-24-14-5-3-4-13(19(14)26-20)21(28)25-17-6-1-2-9-22-17/h1-10H,11H2,(H,23,27)(H,24,26)(H,22,25,28). The molecule has 2 amide bonds. The van der Waals surface area contributed by atoms with Crippen molar-refractivity contribution in [2.45, 2.75) is 0 Å². The van der Waals surface area contributed by atoms with Crippen molar-refractivity contribution in [3.63, 3.8) is 0 Å². The highest BCUT2D eigenvalue weighted by Gasteiger charge is 2.19. The van der Waals surface area contributed by atoms with Crippen molar-refractivity contribution in [1.29, 1.82) is 0 Å². The predicted molar refractivity (Wildman–Crippen MR) is 108 cm³/mol. The second kappa shape index (κ2) is 6.75. The number of nitrogens with one attached hydrogen (secondary N) is 3. The lowest BCUT2D eigenvalue weighted by Crippen LogP contribution is -2.25. The van der Waals surface area contributed by atoms with E-state index in [1.54, 1.807) is 48.7 Å². The summed E-state index contributed by atoms with van der Waals surface area (Å²) in [6.07, 6.45) is 1.61. The molecule has 8 heteroatoms. The topological polar surface area (TPSA) is 109 Å². The van der Waals surface area contributed by atoms with Crippen LogP contribution in [0.5, 0.6) is 5.75 Å². The van der Waals surface area contributed by atoms with Crippen LogP contribution >= 0.6 is 0 Å². The molecule has 29 heavy (non-hydrogen) atoms. The molecule has 0 aliphatic carbocycles. The van der Waals surface area contributed by atoms with Crippen LogP contribution in [-0.2, 0) is 4.79 Å². The largest absolute Gasteiger partial charge is 0.482 e. The number of anilines is 2. The van der Waals surface area contributed by atoms with Crippen molar-refractivity contribution in [2.75, 3.05) is 17.2 Å². The van der Waals surface area contributed by atoms with Gasteiger partial charge in [0, 0.05) is 11.8 Å². The Morgan fingerprint density at radius 1 is 1.10 bits per heavy atom. The van der Waals surface area contributed by atoms with E-state index in [9.17, 15) is 9.59 Å². The Balaban J connectivity index is 1.51. The molecule has 0 saturated carbocycles. The van der Waals surface area contributed by atoms with Crippen molar-refractivity contribution in [1.82, 2.24) is 15.0 Å². The third-order valence-corrected chi connectivity index (χ3v) is 4.55. The maximum Gasteiger partial charge on any atom is 0.262 e. The summed E-state index contributed by atoms with van der Waals surface area (Å²) in [6.45, 7) is 0.00568. The number of aromatic amines is 1. The number of imidazole rings is 1. The smallest absolute Gasteiger partial charge is 0.262 e. The number of carbonyl (C=O) groups is 2. The first-order valence-corrected chi connectivity index (χ1v) is 8.95. The van der Waals surface area contributed by atoms with Crippen LogP contribution in [0.25, 0.3) is 22.4 Å². The zero-order chi connectivity index (χ0) is 19.8. The fourth-order valence-corrected chi connectivity index (χ4v) is 3.20. The molecule has 2 aromatic carbocycles. The Morgan fingerprint density at radius 3 is 2.90 bits per heavy atom. The lowest BCUT2D eigenvalue weighted by atomic mass is 10.1. The number of benzene rings is 2. The third-order valence-electron chi connectivity index (χ3n) is 4.55. The maximum absolute atomic E-state index is 12.7. The molecule has 142 valence electrons. The summed E-state index contributed by atoms with van der Waals surface area (Å²) < 4.78 is 5.39. The van der Waals surface area contributed by atoms with Crippen LogP contribution in [0.4, 0.5) is 11.5 Å². The van der Waals surface area contributed by atoms with E-state index >= 15 is 0 Å². The highest BCUT2D eigenvalue weighted by Crippen LogP contribution is 2.32. The number of hydrogen-bond donors (Lipinski definition) is 3. The molecule has 0 fully saturated rings.